The van der Waals surface area contributed by atoms with Gasteiger partial charge in [-0.1, -0.05) is 38.5 Å². The molecule has 2 fully saturated rings. The fourth-order valence-electron chi connectivity index (χ4n) is 5.12. The highest BCUT2D eigenvalue weighted by molar-refractivity contribution is 7.15. The van der Waals surface area contributed by atoms with E-state index in [4.69, 9.17) is 9.84 Å². The van der Waals surface area contributed by atoms with Gasteiger partial charge in [0.1, 0.15) is 10.8 Å². The summed E-state index contributed by atoms with van der Waals surface area (Å²) in [5.41, 5.74) is 4.22. The minimum absolute atomic E-state index is 0.0535. The number of rotatable bonds is 5. The van der Waals surface area contributed by atoms with Crippen molar-refractivity contribution < 1.29 is 14.6 Å². The van der Waals surface area contributed by atoms with Gasteiger partial charge in [-0.3, -0.25) is 20.1 Å². The number of aryl methyl sites for hydroxylation is 3. The van der Waals surface area contributed by atoms with Crippen LogP contribution in [0.2, 0.25) is 0 Å². The normalized spacial score (nSPS) is 21.4. The Morgan fingerprint density at radius 2 is 1.68 bits per heavy atom. The van der Waals surface area contributed by atoms with E-state index in [1.54, 1.807) is 19.5 Å². The third kappa shape index (κ3) is 6.90. The van der Waals surface area contributed by atoms with Crippen molar-refractivity contribution in [2.75, 3.05) is 12.4 Å². The van der Waals surface area contributed by atoms with E-state index in [1.807, 2.05) is 46.8 Å². The smallest absolute Gasteiger partial charge is 0.259 e. The topological polar surface area (TPSA) is 110 Å². The van der Waals surface area contributed by atoms with E-state index in [2.05, 4.69) is 32.4 Å². The predicted octanol–water partition coefficient (Wildman–Crippen LogP) is 6.15. The van der Waals surface area contributed by atoms with E-state index in [0.29, 0.717) is 21.9 Å². The fourth-order valence-corrected chi connectivity index (χ4v) is 5.71. The highest BCUT2D eigenvalue weighted by Gasteiger charge is 2.51. The molecule has 0 unspecified atom stereocenters. The van der Waals surface area contributed by atoms with Gasteiger partial charge in [-0.2, -0.15) is 0 Å². The standard InChI is InChI=1S/C17H17N5O2S.C9H16O.C2H6/c1-9-5-12(13-6-10(2)19-8-15(13)24-4)14(7-18-9)16(23)20-17-22-21-11(3)25-17;1-2-7-3-9(4-7)5-8(10)6-9;1-2/h5-8H,1-4H3,(H,20,22,23);7-8,10H,2-6H2,1H3;1-2H3. The van der Waals surface area contributed by atoms with Crippen molar-refractivity contribution >= 4 is 22.4 Å². The van der Waals surface area contributed by atoms with Gasteiger partial charge in [-0.25, -0.2) is 0 Å². The summed E-state index contributed by atoms with van der Waals surface area (Å²) >= 11 is 1.32. The Morgan fingerprint density at radius 3 is 2.22 bits per heavy atom. The molecule has 37 heavy (non-hydrogen) atoms. The van der Waals surface area contributed by atoms with Gasteiger partial charge in [-0.05, 0) is 69.9 Å². The number of hydrogen-bond donors (Lipinski definition) is 2. The summed E-state index contributed by atoms with van der Waals surface area (Å²) in [6.07, 6.45) is 9.61. The molecule has 200 valence electrons. The zero-order chi connectivity index (χ0) is 27.2. The van der Waals surface area contributed by atoms with E-state index < -0.39 is 0 Å². The van der Waals surface area contributed by atoms with Gasteiger partial charge in [0.2, 0.25) is 5.13 Å². The number of aromatic nitrogens is 4. The lowest BCUT2D eigenvalue weighted by molar-refractivity contribution is -0.111. The van der Waals surface area contributed by atoms with Crippen molar-refractivity contribution in [3.63, 3.8) is 0 Å². The van der Waals surface area contributed by atoms with E-state index in [-0.39, 0.29) is 12.0 Å². The third-order valence-electron chi connectivity index (χ3n) is 6.90. The number of aliphatic hydroxyl groups excluding tert-OH is 1. The van der Waals surface area contributed by atoms with Crippen LogP contribution in [0.4, 0.5) is 5.13 Å². The lowest BCUT2D eigenvalue weighted by atomic mass is 9.50. The van der Waals surface area contributed by atoms with Crippen molar-refractivity contribution in [3.8, 4) is 16.9 Å². The number of anilines is 1. The van der Waals surface area contributed by atoms with Crippen LogP contribution in [0.15, 0.2) is 24.5 Å². The lowest BCUT2D eigenvalue weighted by Gasteiger charge is -2.56. The number of pyridine rings is 2. The summed E-state index contributed by atoms with van der Waals surface area (Å²) in [6.45, 7) is 11.9. The van der Waals surface area contributed by atoms with Crippen molar-refractivity contribution in [2.24, 2.45) is 11.3 Å². The highest BCUT2D eigenvalue weighted by Crippen LogP contribution is 2.59. The number of nitrogens with zero attached hydrogens (tertiary/aromatic N) is 4. The van der Waals surface area contributed by atoms with Gasteiger partial charge in [-0.15, -0.1) is 10.2 Å². The van der Waals surface area contributed by atoms with E-state index in [0.717, 1.165) is 46.3 Å². The van der Waals surface area contributed by atoms with Crippen LogP contribution in [-0.2, 0) is 0 Å². The van der Waals surface area contributed by atoms with Gasteiger partial charge in [0.25, 0.3) is 5.91 Å². The fraction of sp³-hybridized carbons (Fsp3) is 0.536. The van der Waals surface area contributed by atoms with E-state index >= 15 is 0 Å². The largest absolute Gasteiger partial charge is 0.494 e. The molecule has 2 aliphatic rings. The molecule has 0 aromatic carbocycles. The molecule has 9 heteroatoms. The van der Waals surface area contributed by atoms with Crippen LogP contribution in [0.1, 0.15) is 79.6 Å². The minimum atomic E-state index is -0.296. The van der Waals surface area contributed by atoms with Crippen LogP contribution < -0.4 is 10.1 Å². The van der Waals surface area contributed by atoms with Gasteiger partial charge in [0.05, 0.1) is 25.0 Å². The Kier molecular flexibility index (Phi) is 9.73. The second-order valence-corrected chi connectivity index (χ2v) is 10.9. The summed E-state index contributed by atoms with van der Waals surface area (Å²) in [5, 5.41) is 20.9. The quantitative estimate of drug-likeness (QED) is 0.411. The van der Waals surface area contributed by atoms with Gasteiger partial charge in [0, 0.05) is 28.7 Å². The molecule has 3 aromatic rings. The first kappa shape index (κ1) is 28.7. The van der Waals surface area contributed by atoms with E-state index in [9.17, 15) is 4.79 Å². The molecule has 0 radical (unpaired) electrons. The molecule has 0 bridgehead atoms. The summed E-state index contributed by atoms with van der Waals surface area (Å²) in [7, 11) is 1.58. The van der Waals surface area contributed by atoms with Gasteiger partial charge < -0.3 is 9.84 Å². The Labute approximate surface area is 223 Å². The Hall–Kier alpha value is -2.91. The molecular formula is C28H39N5O3S. The van der Waals surface area contributed by atoms with Gasteiger partial charge in [0.15, 0.2) is 0 Å². The second kappa shape index (κ2) is 12.6. The third-order valence-corrected chi connectivity index (χ3v) is 7.66. The number of carbonyl (C=O) groups is 1. The van der Waals surface area contributed by atoms with Crippen molar-refractivity contribution in [2.45, 2.75) is 79.8 Å². The summed E-state index contributed by atoms with van der Waals surface area (Å²) in [5.74, 6) is 1.29. The van der Waals surface area contributed by atoms with Crippen LogP contribution in [-0.4, -0.2) is 44.4 Å². The Morgan fingerprint density at radius 1 is 1.05 bits per heavy atom. The monoisotopic (exact) mass is 525 g/mol. The molecule has 3 heterocycles. The Bertz CT molecular complexity index is 1200. The van der Waals surface area contributed by atoms with Crippen LogP contribution in [0.25, 0.3) is 11.1 Å². The van der Waals surface area contributed by atoms with Crippen LogP contribution in [0, 0.1) is 32.1 Å². The molecule has 1 amide bonds. The summed E-state index contributed by atoms with van der Waals surface area (Å²) < 4.78 is 5.42. The average molecular weight is 526 g/mol. The van der Waals surface area contributed by atoms with Crippen LogP contribution >= 0.6 is 11.3 Å². The summed E-state index contributed by atoms with van der Waals surface area (Å²) in [6, 6.07) is 3.75. The van der Waals surface area contributed by atoms with Crippen LogP contribution in [0.3, 0.4) is 0 Å². The average Bonchev–Trinajstić information content (AvgIpc) is 3.26. The number of nitrogens with one attached hydrogen (secondary N) is 1. The van der Waals surface area contributed by atoms with Gasteiger partial charge >= 0.3 is 0 Å². The maximum atomic E-state index is 12.7. The van der Waals surface area contributed by atoms with Crippen molar-refractivity contribution in [3.05, 3.63) is 46.5 Å². The Balaban J connectivity index is 0.000000262. The second-order valence-electron chi connectivity index (χ2n) is 9.72. The van der Waals surface area contributed by atoms with E-state index in [1.165, 1.54) is 30.6 Å². The van der Waals surface area contributed by atoms with Crippen LogP contribution in [0.5, 0.6) is 5.75 Å². The number of ether oxygens (including phenoxy) is 1. The molecule has 8 nitrogen and oxygen atoms in total. The first-order valence-corrected chi connectivity index (χ1v) is 13.8. The number of amides is 1. The lowest BCUT2D eigenvalue weighted by Crippen LogP contribution is -2.49. The number of carbonyl (C=O) groups excluding carboxylic acids is 1. The number of methoxy groups -OCH3 is 1. The molecule has 3 aromatic heterocycles. The predicted molar refractivity (Wildman–Crippen MR) is 148 cm³/mol. The molecule has 5 rings (SSSR count). The minimum Gasteiger partial charge on any atom is -0.494 e. The number of hydrogen-bond acceptors (Lipinski definition) is 8. The number of aliphatic hydroxyl groups is 1. The molecule has 0 saturated heterocycles. The maximum Gasteiger partial charge on any atom is 0.259 e. The maximum absolute atomic E-state index is 12.7. The SMILES string of the molecule is CC.CCC1CC2(CC(O)C2)C1.COc1cnc(C)cc1-c1cc(C)ncc1C(=O)Nc1nnc(C)s1. The first-order chi connectivity index (χ1) is 17.7. The van der Waals surface area contributed by atoms with Crippen molar-refractivity contribution in [1.82, 2.24) is 20.2 Å². The highest BCUT2D eigenvalue weighted by atomic mass is 32.1. The molecular weight excluding hydrogens is 486 g/mol. The van der Waals surface area contributed by atoms with Crippen molar-refractivity contribution in [1.29, 1.82) is 0 Å². The zero-order valence-corrected chi connectivity index (χ0v) is 23.8. The summed E-state index contributed by atoms with van der Waals surface area (Å²) in [4.78, 5) is 21.3. The molecule has 2 N–H and O–H groups in total. The molecule has 2 aliphatic carbocycles. The molecule has 2 saturated carbocycles. The molecule has 0 atom stereocenters. The zero-order valence-electron chi connectivity index (χ0n) is 23.0. The molecule has 1 spiro atoms. The first-order valence-electron chi connectivity index (χ1n) is 13.0. The molecule has 0 aliphatic heterocycles.